The third-order valence-electron chi connectivity index (χ3n) is 2.55. The molecule has 18 heavy (non-hydrogen) atoms. The van der Waals surface area contributed by atoms with Crippen LogP contribution in [0.2, 0.25) is 5.02 Å². The second-order valence-corrected chi connectivity index (χ2v) is 4.17. The van der Waals surface area contributed by atoms with E-state index < -0.39 is 5.82 Å². The number of hydrogen-bond acceptors (Lipinski definition) is 2. The van der Waals surface area contributed by atoms with E-state index in [0.717, 1.165) is 5.56 Å². The first-order valence-electron chi connectivity index (χ1n) is 5.47. The van der Waals surface area contributed by atoms with Crippen molar-refractivity contribution in [3.05, 3.63) is 64.4 Å². The van der Waals surface area contributed by atoms with E-state index in [0.29, 0.717) is 10.6 Å². The summed E-state index contributed by atoms with van der Waals surface area (Å²) in [6, 6.07) is 11.6. The molecule has 2 aromatic carbocycles. The molecule has 0 aliphatic heterocycles. The summed E-state index contributed by atoms with van der Waals surface area (Å²) in [5.74, 6) is -0.423. The molecule has 1 N–H and O–H groups in total. The highest BCUT2D eigenvalue weighted by Gasteiger charge is 2.10. The summed E-state index contributed by atoms with van der Waals surface area (Å²) in [5.41, 5.74) is 1.19. The fourth-order valence-electron chi connectivity index (χ4n) is 1.61. The Hall–Kier alpha value is -1.58. The summed E-state index contributed by atoms with van der Waals surface area (Å²) in [7, 11) is 0. The summed E-state index contributed by atoms with van der Waals surface area (Å²) in [6.07, 6.45) is 0. The van der Waals surface area contributed by atoms with E-state index >= 15 is 0 Å². The van der Waals surface area contributed by atoms with Crippen LogP contribution in [-0.2, 0) is 13.2 Å². The summed E-state index contributed by atoms with van der Waals surface area (Å²) in [4.78, 5) is 0. The molecule has 0 aromatic heterocycles. The molecule has 2 rings (SSSR count). The van der Waals surface area contributed by atoms with Crippen LogP contribution in [0.15, 0.2) is 42.5 Å². The Balaban J connectivity index is 2.18. The topological polar surface area (TPSA) is 29.5 Å². The third-order valence-corrected chi connectivity index (χ3v) is 2.92. The minimum atomic E-state index is -0.492. The predicted molar refractivity (Wildman–Crippen MR) is 68.1 cm³/mol. The Morgan fingerprint density at radius 1 is 1.06 bits per heavy atom. The molecule has 0 saturated heterocycles. The average molecular weight is 267 g/mol. The first kappa shape index (κ1) is 12.9. The van der Waals surface area contributed by atoms with Gasteiger partial charge in [0.2, 0.25) is 0 Å². The number of hydrogen-bond donors (Lipinski definition) is 1. The van der Waals surface area contributed by atoms with Crippen LogP contribution in [0, 0.1) is 5.82 Å². The maximum Gasteiger partial charge on any atom is 0.165 e. The summed E-state index contributed by atoms with van der Waals surface area (Å²) < 4.78 is 19.0. The summed E-state index contributed by atoms with van der Waals surface area (Å²) in [5, 5.41) is 9.69. The molecule has 0 unspecified atom stereocenters. The van der Waals surface area contributed by atoms with E-state index in [9.17, 15) is 4.39 Å². The van der Waals surface area contributed by atoms with E-state index in [1.807, 2.05) is 18.2 Å². The van der Waals surface area contributed by atoms with Gasteiger partial charge in [-0.25, -0.2) is 4.39 Å². The number of benzene rings is 2. The standard InChI is InChI=1S/C14H12ClFO2/c15-12-6-2-1-4-11(12)9-18-14-10(8-17)5-3-7-13(14)16/h1-7,17H,8-9H2. The van der Waals surface area contributed by atoms with Crippen molar-refractivity contribution in [2.45, 2.75) is 13.2 Å². The Bertz CT molecular complexity index is 543. The Labute approximate surface area is 110 Å². The van der Waals surface area contributed by atoms with Crippen molar-refractivity contribution in [3.8, 4) is 5.75 Å². The lowest BCUT2D eigenvalue weighted by Crippen LogP contribution is -2.01. The molecule has 0 atom stereocenters. The lowest BCUT2D eigenvalue weighted by Gasteiger charge is -2.11. The van der Waals surface area contributed by atoms with Crippen LogP contribution in [0.4, 0.5) is 4.39 Å². The van der Waals surface area contributed by atoms with Crippen molar-refractivity contribution >= 4 is 11.6 Å². The molecular weight excluding hydrogens is 255 g/mol. The Morgan fingerprint density at radius 3 is 2.50 bits per heavy atom. The van der Waals surface area contributed by atoms with Crippen LogP contribution in [-0.4, -0.2) is 5.11 Å². The van der Waals surface area contributed by atoms with Crippen molar-refractivity contribution < 1.29 is 14.2 Å². The SMILES string of the molecule is OCc1cccc(F)c1OCc1ccccc1Cl. The molecule has 0 amide bonds. The molecule has 0 bridgehead atoms. The van der Waals surface area contributed by atoms with Crippen molar-refractivity contribution in [2.24, 2.45) is 0 Å². The zero-order chi connectivity index (χ0) is 13.0. The highest BCUT2D eigenvalue weighted by atomic mass is 35.5. The fourth-order valence-corrected chi connectivity index (χ4v) is 1.80. The van der Waals surface area contributed by atoms with E-state index in [1.165, 1.54) is 12.1 Å². The third kappa shape index (κ3) is 2.81. The van der Waals surface area contributed by atoms with Gasteiger partial charge < -0.3 is 9.84 Å². The largest absolute Gasteiger partial charge is 0.485 e. The molecule has 0 fully saturated rings. The van der Waals surface area contributed by atoms with E-state index in [2.05, 4.69) is 0 Å². The van der Waals surface area contributed by atoms with Gasteiger partial charge in [-0.2, -0.15) is 0 Å². The molecule has 2 aromatic rings. The molecule has 0 heterocycles. The molecular formula is C14H12ClFO2. The quantitative estimate of drug-likeness (QED) is 0.917. The highest BCUT2D eigenvalue weighted by Crippen LogP contribution is 2.25. The van der Waals surface area contributed by atoms with Crippen molar-refractivity contribution in [1.82, 2.24) is 0 Å². The van der Waals surface area contributed by atoms with Crippen LogP contribution in [0.3, 0.4) is 0 Å². The van der Waals surface area contributed by atoms with E-state index in [1.54, 1.807) is 12.1 Å². The van der Waals surface area contributed by atoms with Crippen molar-refractivity contribution in [1.29, 1.82) is 0 Å². The maximum absolute atomic E-state index is 13.6. The first-order valence-corrected chi connectivity index (χ1v) is 5.84. The molecule has 4 heteroatoms. The van der Waals surface area contributed by atoms with Crippen LogP contribution in [0.1, 0.15) is 11.1 Å². The number of para-hydroxylation sites is 1. The van der Waals surface area contributed by atoms with Gasteiger partial charge in [0.15, 0.2) is 11.6 Å². The zero-order valence-electron chi connectivity index (χ0n) is 9.57. The molecule has 0 aliphatic carbocycles. The Morgan fingerprint density at radius 2 is 1.78 bits per heavy atom. The average Bonchev–Trinajstić information content (AvgIpc) is 2.39. The second-order valence-electron chi connectivity index (χ2n) is 3.77. The number of halogens is 2. The van der Waals surface area contributed by atoms with Gasteiger partial charge in [-0.1, -0.05) is 41.9 Å². The molecule has 0 radical (unpaired) electrons. The molecule has 0 saturated carbocycles. The van der Waals surface area contributed by atoms with Crippen molar-refractivity contribution in [3.63, 3.8) is 0 Å². The maximum atomic E-state index is 13.6. The van der Waals surface area contributed by atoms with Crippen LogP contribution < -0.4 is 4.74 Å². The number of aliphatic hydroxyl groups excluding tert-OH is 1. The van der Waals surface area contributed by atoms with Gasteiger partial charge >= 0.3 is 0 Å². The molecule has 2 nitrogen and oxygen atoms in total. The number of ether oxygens (including phenoxy) is 1. The van der Waals surface area contributed by atoms with Gasteiger partial charge in [0.05, 0.1) is 6.61 Å². The normalized spacial score (nSPS) is 10.4. The van der Waals surface area contributed by atoms with Gasteiger partial charge in [0, 0.05) is 16.1 Å². The summed E-state index contributed by atoms with van der Waals surface area (Å²) >= 11 is 5.98. The minimum Gasteiger partial charge on any atom is -0.485 e. The Kier molecular flexibility index (Phi) is 4.18. The molecule has 0 spiro atoms. The zero-order valence-corrected chi connectivity index (χ0v) is 10.3. The molecule has 0 aliphatic rings. The number of rotatable bonds is 4. The van der Waals surface area contributed by atoms with Gasteiger partial charge in [0.1, 0.15) is 6.61 Å². The molecule has 94 valence electrons. The number of aliphatic hydroxyl groups is 1. The lowest BCUT2D eigenvalue weighted by molar-refractivity contribution is 0.251. The predicted octanol–water partition coefficient (Wildman–Crippen LogP) is 3.55. The second kappa shape index (κ2) is 5.85. The van der Waals surface area contributed by atoms with E-state index in [4.69, 9.17) is 21.4 Å². The monoisotopic (exact) mass is 266 g/mol. The van der Waals surface area contributed by atoms with Crippen LogP contribution >= 0.6 is 11.6 Å². The van der Waals surface area contributed by atoms with Crippen LogP contribution in [0.25, 0.3) is 0 Å². The minimum absolute atomic E-state index is 0.0694. The first-order chi connectivity index (χ1) is 8.72. The van der Waals surface area contributed by atoms with Gasteiger partial charge in [-0.05, 0) is 12.1 Å². The smallest absolute Gasteiger partial charge is 0.165 e. The fraction of sp³-hybridized carbons (Fsp3) is 0.143. The van der Waals surface area contributed by atoms with E-state index in [-0.39, 0.29) is 19.0 Å². The van der Waals surface area contributed by atoms with Gasteiger partial charge in [-0.15, -0.1) is 0 Å². The van der Waals surface area contributed by atoms with Crippen molar-refractivity contribution in [2.75, 3.05) is 0 Å². The van der Waals surface area contributed by atoms with Gasteiger partial charge in [0.25, 0.3) is 0 Å². The summed E-state index contributed by atoms with van der Waals surface area (Å²) in [6.45, 7) is -0.108. The van der Waals surface area contributed by atoms with Gasteiger partial charge in [-0.3, -0.25) is 0 Å². The lowest BCUT2D eigenvalue weighted by atomic mass is 10.2. The van der Waals surface area contributed by atoms with Crippen LogP contribution in [0.5, 0.6) is 5.75 Å². The highest BCUT2D eigenvalue weighted by molar-refractivity contribution is 6.31.